The first kappa shape index (κ1) is 15.1. The van der Waals surface area contributed by atoms with E-state index in [-0.39, 0.29) is 18.0 Å². The van der Waals surface area contributed by atoms with Gasteiger partial charge in [0.25, 0.3) is 5.69 Å². The summed E-state index contributed by atoms with van der Waals surface area (Å²) in [6.45, 7) is 0.704. The number of aliphatic hydroxyl groups excluding tert-OH is 1. The quantitative estimate of drug-likeness (QED) is 0.633. The van der Waals surface area contributed by atoms with Crippen LogP contribution in [-0.2, 0) is 6.54 Å². The van der Waals surface area contributed by atoms with Gasteiger partial charge in [-0.05, 0) is 35.4 Å². The van der Waals surface area contributed by atoms with Gasteiger partial charge < -0.3 is 10.4 Å². The summed E-state index contributed by atoms with van der Waals surface area (Å²) >= 11 is 0. The van der Waals surface area contributed by atoms with E-state index >= 15 is 0 Å². The summed E-state index contributed by atoms with van der Waals surface area (Å²) in [5, 5.41) is 23.5. The van der Waals surface area contributed by atoms with Crippen LogP contribution in [0.5, 0.6) is 0 Å². The fourth-order valence-electron chi connectivity index (χ4n) is 1.94. The minimum atomic E-state index is -0.778. The molecule has 110 valence electrons. The number of nitrogens with zero attached hydrogens (tertiary/aromatic N) is 1. The highest BCUT2D eigenvalue weighted by Crippen LogP contribution is 2.17. The van der Waals surface area contributed by atoms with Crippen LogP contribution in [0.25, 0.3) is 0 Å². The summed E-state index contributed by atoms with van der Waals surface area (Å²) < 4.78 is 13.0. The van der Waals surface area contributed by atoms with Crippen LogP contribution in [-0.4, -0.2) is 16.6 Å². The molecule has 1 atom stereocenters. The first-order valence-corrected chi connectivity index (χ1v) is 6.44. The maximum absolute atomic E-state index is 13.0. The molecule has 0 saturated carbocycles. The molecule has 0 fully saturated rings. The largest absolute Gasteiger partial charge is 0.387 e. The van der Waals surface area contributed by atoms with E-state index in [4.69, 9.17) is 0 Å². The third-order valence-corrected chi connectivity index (χ3v) is 3.04. The first-order valence-electron chi connectivity index (χ1n) is 6.44. The fourth-order valence-corrected chi connectivity index (χ4v) is 1.94. The second-order valence-corrected chi connectivity index (χ2v) is 4.63. The Morgan fingerprint density at radius 1 is 1.24 bits per heavy atom. The molecule has 1 unspecified atom stereocenters. The first-order chi connectivity index (χ1) is 10.1. The van der Waals surface area contributed by atoms with Gasteiger partial charge in [-0.2, -0.15) is 0 Å². The zero-order valence-electron chi connectivity index (χ0n) is 11.2. The smallest absolute Gasteiger partial charge is 0.269 e. The lowest BCUT2D eigenvalue weighted by Gasteiger charge is -2.12. The zero-order valence-corrected chi connectivity index (χ0v) is 11.2. The Morgan fingerprint density at radius 2 is 1.95 bits per heavy atom. The van der Waals surface area contributed by atoms with Gasteiger partial charge >= 0.3 is 0 Å². The summed E-state index contributed by atoms with van der Waals surface area (Å²) in [5.41, 5.74) is 1.36. The van der Waals surface area contributed by atoms with Crippen molar-refractivity contribution in [3.05, 3.63) is 75.6 Å². The average Bonchev–Trinajstić information content (AvgIpc) is 2.47. The van der Waals surface area contributed by atoms with Crippen molar-refractivity contribution in [2.75, 3.05) is 6.54 Å². The van der Waals surface area contributed by atoms with Crippen LogP contribution >= 0.6 is 0 Å². The molecule has 2 N–H and O–H groups in total. The monoisotopic (exact) mass is 290 g/mol. The number of nitrogens with one attached hydrogen (secondary N) is 1. The van der Waals surface area contributed by atoms with Crippen molar-refractivity contribution in [2.45, 2.75) is 12.6 Å². The second kappa shape index (κ2) is 6.92. The average molecular weight is 290 g/mol. The molecule has 0 saturated heterocycles. The summed E-state index contributed by atoms with van der Waals surface area (Å²) in [5.74, 6) is -0.301. The van der Waals surface area contributed by atoms with Crippen molar-refractivity contribution < 1.29 is 14.4 Å². The molecule has 0 heterocycles. The van der Waals surface area contributed by atoms with Crippen LogP contribution < -0.4 is 5.32 Å². The Hall–Kier alpha value is -2.31. The third-order valence-electron chi connectivity index (χ3n) is 3.04. The van der Waals surface area contributed by atoms with Crippen molar-refractivity contribution in [1.82, 2.24) is 5.32 Å². The Kier molecular flexibility index (Phi) is 4.97. The van der Waals surface area contributed by atoms with E-state index in [0.717, 1.165) is 5.56 Å². The van der Waals surface area contributed by atoms with Gasteiger partial charge in [0.05, 0.1) is 11.0 Å². The highest BCUT2D eigenvalue weighted by Gasteiger charge is 2.10. The minimum absolute atomic E-state index is 0.0151. The van der Waals surface area contributed by atoms with Crippen molar-refractivity contribution >= 4 is 5.69 Å². The van der Waals surface area contributed by atoms with Crippen molar-refractivity contribution in [3.63, 3.8) is 0 Å². The van der Waals surface area contributed by atoms with E-state index < -0.39 is 11.0 Å². The summed E-state index contributed by atoms with van der Waals surface area (Å²) in [7, 11) is 0. The van der Waals surface area contributed by atoms with Gasteiger partial charge in [-0.3, -0.25) is 10.1 Å². The summed E-state index contributed by atoms with van der Waals surface area (Å²) in [4.78, 5) is 10.1. The van der Waals surface area contributed by atoms with Gasteiger partial charge in [-0.15, -0.1) is 0 Å². The molecule has 0 aliphatic heterocycles. The van der Waals surface area contributed by atoms with Crippen LogP contribution in [0.1, 0.15) is 17.2 Å². The lowest BCUT2D eigenvalue weighted by atomic mass is 10.1. The minimum Gasteiger partial charge on any atom is -0.387 e. The molecule has 0 amide bonds. The van der Waals surface area contributed by atoms with Crippen LogP contribution in [0.3, 0.4) is 0 Å². The van der Waals surface area contributed by atoms with E-state index in [0.29, 0.717) is 12.1 Å². The number of aliphatic hydroxyl groups is 1. The summed E-state index contributed by atoms with van der Waals surface area (Å²) in [6.07, 6.45) is -0.778. The van der Waals surface area contributed by atoms with Crippen LogP contribution in [0.15, 0.2) is 48.5 Å². The van der Waals surface area contributed by atoms with E-state index in [9.17, 15) is 19.6 Å². The predicted molar refractivity (Wildman–Crippen MR) is 76.2 cm³/mol. The van der Waals surface area contributed by atoms with E-state index in [1.165, 1.54) is 36.4 Å². The maximum Gasteiger partial charge on any atom is 0.269 e. The molecule has 0 bridgehead atoms. The number of rotatable bonds is 6. The topological polar surface area (TPSA) is 75.4 Å². The molecule has 0 spiro atoms. The number of halogens is 1. The van der Waals surface area contributed by atoms with Gasteiger partial charge in [0.1, 0.15) is 5.82 Å². The highest BCUT2D eigenvalue weighted by atomic mass is 19.1. The number of nitro benzene ring substituents is 1. The SMILES string of the molecule is O=[N+]([O-])c1ccc(C(O)CNCc2cccc(F)c2)cc1. The van der Waals surface area contributed by atoms with E-state index in [2.05, 4.69) is 5.32 Å². The molecule has 5 nitrogen and oxygen atoms in total. The lowest BCUT2D eigenvalue weighted by molar-refractivity contribution is -0.384. The molecule has 2 rings (SSSR count). The predicted octanol–water partition coefficient (Wildman–Crippen LogP) is 2.56. The maximum atomic E-state index is 13.0. The fraction of sp³-hybridized carbons (Fsp3) is 0.200. The lowest BCUT2D eigenvalue weighted by Crippen LogP contribution is -2.21. The normalized spacial score (nSPS) is 12.1. The molecule has 0 aromatic heterocycles. The Labute approximate surface area is 121 Å². The molecule has 2 aromatic carbocycles. The van der Waals surface area contributed by atoms with Crippen LogP contribution in [0.2, 0.25) is 0 Å². The molecule has 0 aliphatic carbocycles. The number of non-ortho nitro benzene ring substituents is 1. The number of hydrogen-bond acceptors (Lipinski definition) is 4. The molecule has 6 heteroatoms. The van der Waals surface area contributed by atoms with Crippen molar-refractivity contribution in [2.24, 2.45) is 0 Å². The third kappa shape index (κ3) is 4.34. The molecule has 0 aliphatic rings. The Bertz CT molecular complexity index is 617. The standard InChI is InChI=1S/C15H15FN2O3/c16-13-3-1-2-11(8-13)9-17-10-15(19)12-4-6-14(7-5-12)18(20)21/h1-8,15,17,19H,9-10H2. The zero-order chi connectivity index (χ0) is 15.2. The number of benzene rings is 2. The molecule has 2 aromatic rings. The summed E-state index contributed by atoms with van der Waals surface area (Å²) in [6, 6.07) is 11.9. The van der Waals surface area contributed by atoms with Crippen LogP contribution in [0.4, 0.5) is 10.1 Å². The van der Waals surface area contributed by atoms with Crippen LogP contribution in [0, 0.1) is 15.9 Å². The highest BCUT2D eigenvalue weighted by molar-refractivity contribution is 5.33. The van der Waals surface area contributed by atoms with Gasteiger partial charge in [-0.25, -0.2) is 4.39 Å². The van der Waals surface area contributed by atoms with Gasteiger partial charge in [0, 0.05) is 25.2 Å². The van der Waals surface area contributed by atoms with Crippen molar-refractivity contribution in [3.8, 4) is 0 Å². The number of hydrogen-bond donors (Lipinski definition) is 2. The van der Waals surface area contributed by atoms with Crippen molar-refractivity contribution in [1.29, 1.82) is 0 Å². The number of nitro groups is 1. The van der Waals surface area contributed by atoms with Gasteiger partial charge in [0.2, 0.25) is 0 Å². The van der Waals surface area contributed by atoms with Gasteiger partial charge in [0.15, 0.2) is 0 Å². The van der Waals surface area contributed by atoms with Gasteiger partial charge in [-0.1, -0.05) is 12.1 Å². The Morgan fingerprint density at radius 3 is 2.57 bits per heavy atom. The van der Waals surface area contributed by atoms with E-state index in [1.807, 2.05) is 0 Å². The Balaban J connectivity index is 1.86. The molecule has 0 radical (unpaired) electrons. The second-order valence-electron chi connectivity index (χ2n) is 4.63. The molecular weight excluding hydrogens is 275 g/mol. The molecule has 21 heavy (non-hydrogen) atoms. The molecular formula is C15H15FN2O3. The van der Waals surface area contributed by atoms with E-state index in [1.54, 1.807) is 12.1 Å².